The summed E-state index contributed by atoms with van der Waals surface area (Å²) in [5.41, 5.74) is 3.17. The summed E-state index contributed by atoms with van der Waals surface area (Å²) in [6.45, 7) is 3.90. The summed E-state index contributed by atoms with van der Waals surface area (Å²) in [6.07, 6.45) is 3.56. The van der Waals surface area contributed by atoms with Crippen LogP contribution in [0, 0.1) is 5.92 Å². The van der Waals surface area contributed by atoms with Crippen LogP contribution in [-0.2, 0) is 17.8 Å². The first-order chi connectivity index (χ1) is 18.5. The third-order valence-corrected chi connectivity index (χ3v) is 6.67. The fourth-order valence-electron chi connectivity index (χ4n) is 4.55. The number of urea groups is 1. The molecule has 2 atom stereocenters. The van der Waals surface area contributed by atoms with Crippen LogP contribution >= 0.6 is 0 Å². The maximum absolute atomic E-state index is 12.8. The molecule has 0 bridgehead atoms. The van der Waals surface area contributed by atoms with Gasteiger partial charge in [-0.3, -0.25) is 9.78 Å². The van der Waals surface area contributed by atoms with E-state index >= 15 is 0 Å². The molecule has 0 saturated heterocycles. The first-order valence-electron chi connectivity index (χ1n) is 12.8. The smallest absolute Gasteiger partial charge is 0.323 e. The van der Waals surface area contributed by atoms with Gasteiger partial charge in [-0.15, -0.1) is 0 Å². The third-order valence-electron chi connectivity index (χ3n) is 6.67. The molecule has 0 fully saturated rings. The van der Waals surface area contributed by atoms with Crippen molar-refractivity contribution in [2.45, 2.75) is 26.0 Å². The highest BCUT2D eigenvalue weighted by atomic mass is 16.5. The Bertz CT molecular complexity index is 1420. The van der Waals surface area contributed by atoms with Crippen LogP contribution in [0.15, 0.2) is 85.2 Å². The predicted octanol–water partition coefficient (Wildman–Crippen LogP) is 4.72. The topological polar surface area (TPSA) is 104 Å². The lowest BCUT2D eigenvalue weighted by molar-refractivity contribution is -0.120. The number of anilines is 2. The number of nitrogens with zero attached hydrogens (tertiary/aromatic N) is 1. The molecule has 2 heterocycles. The molecule has 0 aliphatic carbocycles. The van der Waals surface area contributed by atoms with Crippen molar-refractivity contribution in [2.24, 2.45) is 5.92 Å². The molecule has 4 aromatic rings. The van der Waals surface area contributed by atoms with E-state index in [2.05, 4.69) is 33.2 Å². The van der Waals surface area contributed by atoms with Gasteiger partial charge in [-0.1, -0.05) is 43.3 Å². The Balaban J connectivity index is 1.28. The summed E-state index contributed by atoms with van der Waals surface area (Å²) in [5, 5.41) is 14.3. The molecule has 8 heteroatoms. The van der Waals surface area contributed by atoms with Gasteiger partial charge in [-0.05, 0) is 47.3 Å². The number of fused-ring (bicyclic) bond motifs is 2. The largest absolute Gasteiger partial charge is 0.488 e. The number of pyridine rings is 1. The molecule has 3 aromatic carbocycles. The van der Waals surface area contributed by atoms with Crippen LogP contribution in [0.3, 0.4) is 0 Å². The maximum Gasteiger partial charge on any atom is 0.323 e. The minimum absolute atomic E-state index is 0.0792. The molecule has 5 rings (SSSR count). The lowest BCUT2D eigenvalue weighted by Crippen LogP contribution is -2.41. The Morgan fingerprint density at radius 2 is 1.84 bits per heavy atom. The van der Waals surface area contributed by atoms with Crippen LogP contribution in [0.25, 0.3) is 10.8 Å². The molecule has 0 unspecified atom stereocenters. The average Bonchev–Trinajstić information content (AvgIpc) is 2.98. The lowest BCUT2D eigenvalue weighted by atomic mass is 10.0. The molecule has 1 aromatic heterocycles. The lowest BCUT2D eigenvalue weighted by Gasteiger charge is -2.26. The highest BCUT2D eigenvalue weighted by Gasteiger charge is 2.24. The van der Waals surface area contributed by atoms with Crippen molar-refractivity contribution in [1.82, 2.24) is 15.6 Å². The third kappa shape index (κ3) is 6.27. The van der Waals surface area contributed by atoms with Gasteiger partial charge in [0.2, 0.25) is 5.91 Å². The van der Waals surface area contributed by atoms with Crippen molar-refractivity contribution >= 4 is 34.1 Å². The van der Waals surface area contributed by atoms with Gasteiger partial charge in [0, 0.05) is 54.6 Å². The Kier molecular flexibility index (Phi) is 7.80. The number of hydrogen-bond donors (Lipinski definition) is 4. The zero-order chi connectivity index (χ0) is 26.3. The second-order valence-electron chi connectivity index (χ2n) is 9.53. The number of ether oxygens (including phenoxy) is 1. The molecule has 1 aliphatic rings. The molecular weight excluding hydrogens is 478 g/mol. The summed E-state index contributed by atoms with van der Waals surface area (Å²) in [5.74, 6) is 0.660. The Morgan fingerprint density at radius 1 is 1.03 bits per heavy atom. The minimum Gasteiger partial charge on any atom is -0.488 e. The fourth-order valence-corrected chi connectivity index (χ4v) is 4.55. The van der Waals surface area contributed by atoms with Gasteiger partial charge >= 0.3 is 6.03 Å². The van der Waals surface area contributed by atoms with E-state index < -0.39 is 0 Å². The van der Waals surface area contributed by atoms with E-state index in [1.165, 1.54) is 0 Å². The van der Waals surface area contributed by atoms with Crippen LogP contribution in [0.1, 0.15) is 18.1 Å². The van der Waals surface area contributed by atoms with E-state index in [4.69, 9.17) is 4.74 Å². The van der Waals surface area contributed by atoms with Crippen LogP contribution in [0.4, 0.5) is 16.2 Å². The van der Waals surface area contributed by atoms with Gasteiger partial charge in [0.1, 0.15) is 11.9 Å². The molecule has 0 spiro atoms. The van der Waals surface area contributed by atoms with Gasteiger partial charge in [0.15, 0.2) is 0 Å². The van der Waals surface area contributed by atoms with Crippen molar-refractivity contribution in [1.29, 1.82) is 0 Å². The molecular formula is C30H31N5O3. The molecule has 1 aliphatic heterocycles. The summed E-state index contributed by atoms with van der Waals surface area (Å²) in [6, 6.07) is 22.7. The van der Waals surface area contributed by atoms with Crippen molar-refractivity contribution in [3.8, 4) is 5.75 Å². The van der Waals surface area contributed by atoms with E-state index in [1.807, 2.05) is 60.7 Å². The van der Waals surface area contributed by atoms with E-state index in [1.54, 1.807) is 24.5 Å². The number of carbonyl (C=O) groups excluding carboxylic acids is 2. The van der Waals surface area contributed by atoms with Gasteiger partial charge in [-0.25, -0.2) is 4.79 Å². The van der Waals surface area contributed by atoms with Crippen LogP contribution in [0.2, 0.25) is 0 Å². The van der Waals surface area contributed by atoms with Crippen LogP contribution in [0.5, 0.6) is 5.75 Å². The number of benzene rings is 3. The monoisotopic (exact) mass is 509 g/mol. The van der Waals surface area contributed by atoms with Crippen molar-refractivity contribution in [3.63, 3.8) is 0 Å². The SMILES string of the molecule is C[C@@H]1CNC(=O)Cc2cc(NC(=O)Nc3cccc4ccccc34)ccc2O[C@H]1CNCc1ccncc1. The fraction of sp³-hybridized carbons (Fsp3) is 0.233. The molecule has 38 heavy (non-hydrogen) atoms. The van der Waals surface area contributed by atoms with E-state index in [9.17, 15) is 9.59 Å². The van der Waals surface area contributed by atoms with Crippen molar-refractivity contribution in [3.05, 3.63) is 96.3 Å². The van der Waals surface area contributed by atoms with Crippen LogP contribution < -0.4 is 26.0 Å². The highest BCUT2D eigenvalue weighted by Crippen LogP contribution is 2.28. The van der Waals surface area contributed by atoms with Gasteiger partial charge < -0.3 is 26.0 Å². The minimum atomic E-state index is -0.360. The predicted molar refractivity (Wildman–Crippen MR) is 149 cm³/mol. The number of aromatic nitrogens is 1. The van der Waals surface area contributed by atoms with Crippen molar-refractivity contribution < 1.29 is 14.3 Å². The number of nitrogens with one attached hydrogen (secondary N) is 4. The van der Waals surface area contributed by atoms with E-state index in [0.29, 0.717) is 31.1 Å². The number of amides is 3. The average molecular weight is 510 g/mol. The summed E-state index contributed by atoms with van der Waals surface area (Å²) >= 11 is 0. The zero-order valence-corrected chi connectivity index (χ0v) is 21.2. The molecule has 8 nitrogen and oxygen atoms in total. The summed E-state index contributed by atoms with van der Waals surface area (Å²) in [4.78, 5) is 29.5. The molecule has 194 valence electrons. The zero-order valence-electron chi connectivity index (χ0n) is 21.2. The Labute approximate surface area is 221 Å². The van der Waals surface area contributed by atoms with Gasteiger partial charge in [-0.2, -0.15) is 0 Å². The highest BCUT2D eigenvalue weighted by molar-refractivity contribution is 6.06. The second kappa shape index (κ2) is 11.7. The normalized spacial score (nSPS) is 17.2. The first-order valence-corrected chi connectivity index (χ1v) is 12.8. The standard InChI is InChI=1S/C30H31N5O3/c1-20-17-33-29(36)16-23-15-24(34-30(37)35-26-8-4-6-22-5-2-3-7-25(22)26)9-10-27(23)38-28(20)19-32-18-21-11-13-31-14-12-21/h2-15,20,28,32H,16-19H2,1H3,(H,33,36)(H2,34,35,37)/t20-,28+/m1/s1. The van der Waals surface area contributed by atoms with Gasteiger partial charge in [0.05, 0.1) is 12.1 Å². The molecule has 0 saturated carbocycles. The maximum atomic E-state index is 12.8. The Morgan fingerprint density at radius 3 is 2.71 bits per heavy atom. The Hall–Kier alpha value is -4.43. The molecule has 0 radical (unpaired) electrons. The summed E-state index contributed by atoms with van der Waals surface area (Å²) < 4.78 is 6.42. The van der Waals surface area contributed by atoms with Gasteiger partial charge in [0.25, 0.3) is 0 Å². The second-order valence-corrected chi connectivity index (χ2v) is 9.53. The van der Waals surface area contributed by atoms with E-state index in [-0.39, 0.29) is 30.4 Å². The van der Waals surface area contributed by atoms with E-state index in [0.717, 1.165) is 27.6 Å². The quantitative estimate of drug-likeness (QED) is 0.301. The van der Waals surface area contributed by atoms with Crippen LogP contribution in [-0.4, -0.2) is 36.1 Å². The number of carbonyl (C=O) groups is 2. The summed E-state index contributed by atoms with van der Waals surface area (Å²) in [7, 11) is 0. The first kappa shape index (κ1) is 25.2. The number of rotatable bonds is 6. The number of hydrogen-bond acceptors (Lipinski definition) is 5. The molecule has 3 amide bonds. The van der Waals surface area contributed by atoms with Crippen molar-refractivity contribution in [2.75, 3.05) is 23.7 Å². The molecule has 4 N–H and O–H groups in total.